The van der Waals surface area contributed by atoms with Crippen LogP contribution in [0.5, 0.6) is 23.0 Å². The van der Waals surface area contributed by atoms with Gasteiger partial charge >= 0.3 is 0 Å². The highest BCUT2D eigenvalue weighted by atomic mass is 35.5. The zero-order valence-electron chi connectivity index (χ0n) is 44.4. The zero-order chi connectivity index (χ0) is 54.2. The number of benzene rings is 4. The number of aliphatic hydroxyl groups is 1. The lowest BCUT2D eigenvalue weighted by atomic mass is 9.59. The van der Waals surface area contributed by atoms with Gasteiger partial charge in [0.15, 0.2) is 11.5 Å². The maximum atomic E-state index is 14.1. The minimum Gasteiger partial charge on any atom is -0.493 e. The number of ether oxygens (including phenoxy) is 3. The number of sulfonamides is 1. The van der Waals surface area contributed by atoms with E-state index in [1.165, 1.54) is 29.5 Å². The van der Waals surface area contributed by atoms with Gasteiger partial charge in [0.25, 0.3) is 21.6 Å². The molecule has 4 N–H and O–H groups in total. The highest BCUT2D eigenvalue weighted by molar-refractivity contribution is 7.90. The van der Waals surface area contributed by atoms with Gasteiger partial charge in [0.1, 0.15) is 22.8 Å². The Labute approximate surface area is 455 Å². The quantitative estimate of drug-likeness (QED) is 0.0496. The van der Waals surface area contributed by atoms with E-state index in [2.05, 4.69) is 72.8 Å². The molecule has 4 aromatic carbocycles. The van der Waals surface area contributed by atoms with Gasteiger partial charge in [0, 0.05) is 87.3 Å². The second kappa shape index (κ2) is 22.1. The van der Waals surface area contributed by atoms with E-state index < -0.39 is 37.0 Å². The van der Waals surface area contributed by atoms with Crippen LogP contribution in [0.3, 0.4) is 0 Å². The van der Waals surface area contributed by atoms with E-state index in [0.717, 1.165) is 100 Å². The van der Waals surface area contributed by atoms with Crippen LogP contribution in [0.1, 0.15) is 111 Å². The Morgan fingerprint density at radius 1 is 0.948 bits per heavy atom. The molecule has 77 heavy (non-hydrogen) atoms. The number of hydrogen-bond acceptors (Lipinski definition) is 14. The molecular formula is C58H69ClN8O9S. The fraction of sp³-hybridized carbons (Fsp3) is 0.448. The third kappa shape index (κ3) is 11.7. The van der Waals surface area contributed by atoms with Crippen LogP contribution in [0.4, 0.5) is 17.1 Å². The number of aromatic nitrogens is 2. The third-order valence-corrected chi connectivity index (χ3v) is 18.3. The van der Waals surface area contributed by atoms with Crippen molar-refractivity contribution in [3.05, 3.63) is 135 Å². The summed E-state index contributed by atoms with van der Waals surface area (Å²) in [5, 5.41) is 27.0. The number of carbonyl (C=O) groups excluding carboxylic acids is 1. The van der Waals surface area contributed by atoms with Gasteiger partial charge in [-0.25, -0.2) is 18.1 Å². The summed E-state index contributed by atoms with van der Waals surface area (Å²) in [6, 6.07) is 25.9. The first kappa shape index (κ1) is 53.9. The van der Waals surface area contributed by atoms with Crippen LogP contribution < -0.4 is 29.1 Å². The molecule has 2 aliphatic carbocycles. The van der Waals surface area contributed by atoms with Crippen LogP contribution >= 0.6 is 11.6 Å². The van der Waals surface area contributed by atoms with Crippen LogP contribution in [0.2, 0.25) is 5.02 Å². The van der Waals surface area contributed by atoms with Gasteiger partial charge in [-0.2, -0.15) is 0 Å². The number of hydrogen-bond donors (Lipinski definition) is 4. The molecule has 4 fully saturated rings. The number of nitro benzene ring substituents is 1. The number of fused-ring (bicyclic) bond motifs is 1. The Hall–Kier alpha value is -6.44. The average molecular weight is 1090 g/mol. The first-order valence-electron chi connectivity index (χ1n) is 26.7. The number of nitrogens with zero attached hydrogens (tertiary/aromatic N) is 5. The van der Waals surface area contributed by atoms with Crippen LogP contribution in [0.15, 0.2) is 102 Å². The van der Waals surface area contributed by atoms with Gasteiger partial charge in [0.05, 0.1) is 46.4 Å². The molecule has 2 aliphatic heterocycles. The molecule has 0 radical (unpaired) electrons. The number of pyridine rings is 1. The topological polar surface area (TPSA) is 205 Å². The summed E-state index contributed by atoms with van der Waals surface area (Å²) in [4.78, 5) is 40.4. The molecule has 2 aromatic heterocycles. The van der Waals surface area contributed by atoms with Crippen LogP contribution in [-0.2, 0) is 16.6 Å². The first-order chi connectivity index (χ1) is 36.9. The number of amides is 1. The summed E-state index contributed by atoms with van der Waals surface area (Å²) in [6.07, 6.45) is 10.3. The number of methoxy groups -OCH3 is 2. The number of H-pyrrole nitrogens is 1. The molecule has 2 saturated heterocycles. The SMILES string of the molecule is COc1cc(CN2CCN(C3CC4(CCN(c5ccc(C(=O)NS(=O)(=O)c6ccc(NCC7CCC(C)(O)CC7)c([N+](=O)[O-])c6)c(Oc6cnc7[nH]ccc7c6)c5)CC4)C3)C(c3ccccc3C(C)C)C2)cc(Cl)c1OC. The number of anilines is 2. The van der Waals surface area contributed by atoms with E-state index in [4.69, 9.17) is 25.8 Å². The molecule has 1 atom stereocenters. The molecular weight excluding hydrogens is 1020 g/mol. The summed E-state index contributed by atoms with van der Waals surface area (Å²) < 4.78 is 47.5. The van der Waals surface area contributed by atoms with E-state index in [-0.39, 0.29) is 34.4 Å². The normalized spacial score (nSPS) is 21.2. The number of piperidine rings is 1. The Bertz CT molecular complexity index is 3250. The highest BCUT2D eigenvalue weighted by Crippen LogP contribution is 2.54. The van der Waals surface area contributed by atoms with Crippen molar-refractivity contribution in [3.8, 4) is 23.0 Å². The summed E-state index contributed by atoms with van der Waals surface area (Å²) in [7, 11) is -1.37. The van der Waals surface area contributed by atoms with Crippen molar-refractivity contribution in [2.24, 2.45) is 11.3 Å². The van der Waals surface area contributed by atoms with Gasteiger partial charge in [0.2, 0.25) is 0 Å². The van der Waals surface area contributed by atoms with Gasteiger partial charge < -0.3 is 34.5 Å². The van der Waals surface area contributed by atoms with E-state index in [1.54, 1.807) is 38.6 Å². The predicted octanol–water partition coefficient (Wildman–Crippen LogP) is 10.8. The fourth-order valence-electron chi connectivity index (χ4n) is 12.2. The van der Waals surface area contributed by atoms with Crippen LogP contribution in [0.25, 0.3) is 11.0 Å². The fourth-order valence-corrected chi connectivity index (χ4v) is 13.5. The molecule has 1 unspecified atom stereocenters. The van der Waals surface area contributed by atoms with Crippen molar-refractivity contribution in [3.63, 3.8) is 0 Å². The Morgan fingerprint density at radius 2 is 1.71 bits per heavy atom. The van der Waals surface area contributed by atoms with Crippen molar-refractivity contribution in [2.45, 2.75) is 107 Å². The molecule has 1 spiro atoms. The molecule has 4 heterocycles. The molecule has 0 bridgehead atoms. The van der Waals surface area contributed by atoms with Crippen molar-refractivity contribution in [1.29, 1.82) is 0 Å². The maximum Gasteiger partial charge on any atom is 0.293 e. The van der Waals surface area contributed by atoms with Gasteiger partial charge in [-0.15, -0.1) is 0 Å². The van der Waals surface area contributed by atoms with E-state index in [1.807, 2.05) is 31.2 Å². The Kier molecular flexibility index (Phi) is 15.5. The summed E-state index contributed by atoms with van der Waals surface area (Å²) in [6.45, 7) is 11.8. The molecule has 4 aliphatic rings. The second-order valence-corrected chi connectivity index (χ2v) is 24.3. The van der Waals surface area contributed by atoms with Crippen molar-refractivity contribution < 1.29 is 37.5 Å². The minimum absolute atomic E-state index is 0.0396. The standard InChI is InChI=1S/C58H69ClN8O9S/c1-37(2)45-8-6-7-9-46(45)51-36-64(35-39-26-48(59)54(75-5)53(27-39)74-4)24-25-66(51)42-31-58(32-42)19-22-65(23-20-58)41-10-12-47(52(29-41)76-43-28-40-16-21-60-55(40)62-34-43)56(68)63-77(72,73)44-11-13-49(50(30-44)67(70)71)61-33-38-14-17-57(3,69)18-15-38/h6-13,16,21,26-30,34,37-38,42,51,61,69H,14-15,17-20,22-25,31-33,35-36H2,1-5H3,(H,60,62)(H,63,68). The number of aromatic amines is 1. The summed E-state index contributed by atoms with van der Waals surface area (Å²) >= 11 is 6.66. The Morgan fingerprint density at radius 3 is 2.44 bits per heavy atom. The number of halogens is 1. The molecule has 2 saturated carbocycles. The largest absolute Gasteiger partial charge is 0.493 e. The van der Waals surface area contributed by atoms with Crippen molar-refractivity contribution >= 4 is 55.6 Å². The lowest BCUT2D eigenvalue weighted by Gasteiger charge is -2.58. The van der Waals surface area contributed by atoms with Crippen molar-refractivity contribution in [1.82, 2.24) is 24.5 Å². The van der Waals surface area contributed by atoms with Gasteiger partial charge in [-0.05, 0) is 141 Å². The summed E-state index contributed by atoms with van der Waals surface area (Å²) in [5.41, 5.74) is 4.50. The minimum atomic E-state index is -4.60. The molecule has 1 amide bonds. The second-order valence-electron chi connectivity index (χ2n) is 22.2. The monoisotopic (exact) mass is 1090 g/mol. The molecule has 6 aromatic rings. The number of nitrogens with one attached hydrogen (secondary N) is 3. The lowest BCUT2D eigenvalue weighted by molar-refractivity contribution is -0.384. The number of piperazine rings is 1. The highest BCUT2D eigenvalue weighted by Gasteiger charge is 2.50. The molecule has 10 rings (SSSR count). The van der Waals surface area contributed by atoms with E-state index in [9.17, 15) is 28.4 Å². The van der Waals surface area contributed by atoms with Crippen molar-refractivity contribution in [2.75, 3.05) is 63.7 Å². The number of carbonyl (C=O) groups is 1. The molecule has 17 nitrogen and oxygen atoms in total. The smallest absolute Gasteiger partial charge is 0.293 e. The lowest BCUT2D eigenvalue weighted by Crippen LogP contribution is -2.60. The molecule has 19 heteroatoms. The molecule has 408 valence electrons. The zero-order valence-corrected chi connectivity index (χ0v) is 46.0. The van der Waals surface area contributed by atoms with E-state index >= 15 is 0 Å². The predicted molar refractivity (Wildman–Crippen MR) is 298 cm³/mol. The van der Waals surface area contributed by atoms with Crippen LogP contribution in [0, 0.1) is 21.4 Å². The van der Waals surface area contributed by atoms with Gasteiger partial charge in [-0.3, -0.25) is 24.7 Å². The summed E-state index contributed by atoms with van der Waals surface area (Å²) in [5.74, 6) is 1.26. The third-order valence-electron chi connectivity index (χ3n) is 16.7. The Balaban J connectivity index is 0.832. The number of rotatable bonds is 17. The van der Waals surface area contributed by atoms with Gasteiger partial charge in [-0.1, -0.05) is 49.7 Å². The number of nitro groups is 1. The van der Waals surface area contributed by atoms with E-state index in [0.29, 0.717) is 59.3 Å². The van der Waals surface area contributed by atoms with Crippen LogP contribution in [-0.4, -0.2) is 109 Å². The average Bonchev–Trinajstić information content (AvgIpc) is 3.90. The maximum absolute atomic E-state index is 14.1. The first-order valence-corrected chi connectivity index (χ1v) is 28.6.